The number of aromatic nitrogens is 2. The zero-order valence-corrected chi connectivity index (χ0v) is 10.5. The van der Waals surface area contributed by atoms with Crippen molar-refractivity contribution in [3.63, 3.8) is 0 Å². The average molecular weight is 269 g/mol. The summed E-state index contributed by atoms with van der Waals surface area (Å²) >= 11 is 11.8. The topological polar surface area (TPSA) is 49.8 Å². The molecule has 0 unspecified atom stereocenters. The van der Waals surface area contributed by atoms with Crippen LogP contribution in [0, 0.1) is 0 Å². The molecule has 4 nitrogen and oxygen atoms in total. The van der Waals surface area contributed by atoms with Crippen molar-refractivity contribution in [3.8, 4) is 0 Å². The van der Waals surface area contributed by atoms with Gasteiger partial charge in [0.2, 0.25) is 0 Å². The molecule has 0 saturated carbocycles. The molecule has 1 aromatic heterocycles. The van der Waals surface area contributed by atoms with Crippen LogP contribution in [0.5, 0.6) is 0 Å². The Balaban J connectivity index is 2.24. The minimum atomic E-state index is 0.572. The highest BCUT2D eigenvalue weighted by Gasteiger charge is 2.01. The smallest absolute Gasteiger partial charge is 0.135 e. The Bertz CT molecular complexity index is 510. The number of anilines is 3. The van der Waals surface area contributed by atoms with Crippen LogP contribution in [0.4, 0.5) is 17.3 Å². The standard InChI is InChI=1S/C11H10Cl2N4/c1-14-10-5-11(16-6-15-10)17-9-3-7(12)2-8(13)4-9/h2-6H,1H3,(H2,14,15,16,17). The van der Waals surface area contributed by atoms with Crippen LogP contribution in [-0.4, -0.2) is 17.0 Å². The van der Waals surface area contributed by atoms with Gasteiger partial charge >= 0.3 is 0 Å². The lowest BCUT2D eigenvalue weighted by Gasteiger charge is -2.07. The fourth-order valence-electron chi connectivity index (χ4n) is 1.34. The van der Waals surface area contributed by atoms with Crippen molar-refractivity contribution in [3.05, 3.63) is 40.6 Å². The van der Waals surface area contributed by atoms with E-state index in [2.05, 4.69) is 20.6 Å². The number of nitrogens with zero attached hydrogens (tertiary/aromatic N) is 2. The highest BCUT2D eigenvalue weighted by Crippen LogP contribution is 2.24. The third-order valence-electron chi connectivity index (χ3n) is 2.06. The molecule has 1 aromatic carbocycles. The third-order valence-corrected chi connectivity index (χ3v) is 2.49. The molecule has 2 aromatic rings. The van der Waals surface area contributed by atoms with Crippen molar-refractivity contribution < 1.29 is 0 Å². The van der Waals surface area contributed by atoms with Crippen LogP contribution in [-0.2, 0) is 0 Å². The van der Waals surface area contributed by atoms with Gasteiger partial charge in [0, 0.05) is 28.8 Å². The molecule has 0 bridgehead atoms. The van der Waals surface area contributed by atoms with E-state index in [1.54, 1.807) is 31.3 Å². The average Bonchev–Trinajstić information content (AvgIpc) is 2.28. The minimum Gasteiger partial charge on any atom is -0.373 e. The molecular weight excluding hydrogens is 259 g/mol. The van der Waals surface area contributed by atoms with E-state index >= 15 is 0 Å². The molecule has 0 aliphatic heterocycles. The summed E-state index contributed by atoms with van der Waals surface area (Å²) < 4.78 is 0. The Labute approximate surface area is 109 Å². The largest absolute Gasteiger partial charge is 0.373 e. The Hall–Kier alpha value is -1.52. The van der Waals surface area contributed by atoms with Gasteiger partial charge in [0.25, 0.3) is 0 Å². The van der Waals surface area contributed by atoms with E-state index in [0.717, 1.165) is 11.5 Å². The molecule has 0 saturated heterocycles. The summed E-state index contributed by atoms with van der Waals surface area (Å²) in [6, 6.07) is 7.01. The minimum absolute atomic E-state index is 0.572. The molecule has 0 atom stereocenters. The zero-order chi connectivity index (χ0) is 12.3. The number of nitrogens with one attached hydrogen (secondary N) is 2. The lowest BCUT2D eigenvalue weighted by molar-refractivity contribution is 1.16. The Morgan fingerprint density at radius 2 is 1.59 bits per heavy atom. The van der Waals surface area contributed by atoms with Crippen LogP contribution < -0.4 is 10.6 Å². The van der Waals surface area contributed by atoms with Crippen molar-refractivity contribution in [2.75, 3.05) is 17.7 Å². The maximum atomic E-state index is 5.91. The van der Waals surface area contributed by atoms with Crippen LogP contribution in [0.25, 0.3) is 0 Å². The summed E-state index contributed by atoms with van der Waals surface area (Å²) in [5.41, 5.74) is 0.781. The molecule has 0 amide bonds. The van der Waals surface area contributed by atoms with Gasteiger partial charge < -0.3 is 10.6 Å². The van der Waals surface area contributed by atoms with E-state index in [-0.39, 0.29) is 0 Å². The molecule has 2 rings (SSSR count). The van der Waals surface area contributed by atoms with Gasteiger partial charge in [-0.15, -0.1) is 0 Å². The monoisotopic (exact) mass is 268 g/mol. The zero-order valence-electron chi connectivity index (χ0n) is 9.04. The van der Waals surface area contributed by atoms with Crippen LogP contribution in [0.3, 0.4) is 0 Å². The Kier molecular flexibility index (Phi) is 3.66. The van der Waals surface area contributed by atoms with Gasteiger partial charge in [0.05, 0.1) is 0 Å². The molecule has 2 N–H and O–H groups in total. The van der Waals surface area contributed by atoms with E-state index in [0.29, 0.717) is 15.9 Å². The SMILES string of the molecule is CNc1cc(Nc2cc(Cl)cc(Cl)c2)ncn1. The molecule has 0 fully saturated rings. The lowest BCUT2D eigenvalue weighted by atomic mass is 10.3. The number of rotatable bonds is 3. The Morgan fingerprint density at radius 3 is 2.24 bits per heavy atom. The second-order valence-corrected chi connectivity index (χ2v) is 4.19. The van der Waals surface area contributed by atoms with Crippen molar-refractivity contribution in [2.24, 2.45) is 0 Å². The second kappa shape index (κ2) is 5.21. The molecule has 1 heterocycles. The van der Waals surface area contributed by atoms with Crippen LogP contribution in [0.2, 0.25) is 10.0 Å². The maximum Gasteiger partial charge on any atom is 0.135 e. The molecule has 0 spiro atoms. The predicted octanol–water partition coefficient (Wildman–Crippen LogP) is 3.57. The summed E-state index contributed by atoms with van der Waals surface area (Å²) in [7, 11) is 1.79. The van der Waals surface area contributed by atoms with Crippen LogP contribution >= 0.6 is 23.2 Å². The van der Waals surface area contributed by atoms with Crippen molar-refractivity contribution in [1.29, 1.82) is 0 Å². The summed E-state index contributed by atoms with van der Waals surface area (Å²) in [6.45, 7) is 0. The number of benzene rings is 1. The summed E-state index contributed by atoms with van der Waals surface area (Å²) in [4.78, 5) is 8.11. The second-order valence-electron chi connectivity index (χ2n) is 3.32. The van der Waals surface area contributed by atoms with Crippen molar-refractivity contribution in [2.45, 2.75) is 0 Å². The van der Waals surface area contributed by atoms with Gasteiger partial charge in [-0.2, -0.15) is 0 Å². The molecule has 17 heavy (non-hydrogen) atoms. The molecule has 0 radical (unpaired) electrons. The van der Waals surface area contributed by atoms with E-state index < -0.39 is 0 Å². The summed E-state index contributed by atoms with van der Waals surface area (Å²) in [6.07, 6.45) is 1.47. The molecule has 6 heteroatoms. The van der Waals surface area contributed by atoms with E-state index in [1.165, 1.54) is 6.33 Å². The summed E-state index contributed by atoms with van der Waals surface area (Å²) in [5.74, 6) is 1.40. The van der Waals surface area contributed by atoms with Gasteiger partial charge in [-0.3, -0.25) is 0 Å². The predicted molar refractivity (Wildman–Crippen MR) is 71.3 cm³/mol. The van der Waals surface area contributed by atoms with Gasteiger partial charge in [-0.25, -0.2) is 9.97 Å². The lowest BCUT2D eigenvalue weighted by Crippen LogP contribution is -1.97. The quantitative estimate of drug-likeness (QED) is 0.894. The number of halogens is 2. The highest BCUT2D eigenvalue weighted by atomic mass is 35.5. The first kappa shape index (κ1) is 12.0. The first-order valence-electron chi connectivity index (χ1n) is 4.90. The third kappa shape index (κ3) is 3.22. The first-order valence-corrected chi connectivity index (χ1v) is 5.66. The normalized spacial score (nSPS) is 10.1. The fourth-order valence-corrected chi connectivity index (χ4v) is 1.86. The van der Waals surface area contributed by atoms with E-state index in [9.17, 15) is 0 Å². The van der Waals surface area contributed by atoms with Crippen LogP contribution in [0.15, 0.2) is 30.6 Å². The van der Waals surface area contributed by atoms with Crippen LogP contribution in [0.1, 0.15) is 0 Å². The van der Waals surface area contributed by atoms with Gasteiger partial charge in [0.15, 0.2) is 0 Å². The summed E-state index contributed by atoms with van der Waals surface area (Å²) in [5, 5.41) is 7.18. The van der Waals surface area contributed by atoms with Crippen molar-refractivity contribution >= 4 is 40.5 Å². The molecular formula is C11H10Cl2N4. The molecule has 0 aliphatic rings. The highest BCUT2D eigenvalue weighted by molar-refractivity contribution is 6.35. The number of hydrogen-bond acceptors (Lipinski definition) is 4. The Morgan fingerprint density at radius 1 is 0.941 bits per heavy atom. The van der Waals surface area contributed by atoms with Crippen molar-refractivity contribution in [1.82, 2.24) is 9.97 Å². The molecule has 88 valence electrons. The van der Waals surface area contributed by atoms with E-state index in [4.69, 9.17) is 23.2 Å². The fraction of sp³-hybridized carbons (Fsp3) is 0.0909. The van der Waals surface area contributed by atoms with Gasteiger partial charge in [-0.1, -0.05) is 23.2 Å². The van der Waals surface area contributed by atoms with E-state index in [1.807, 2.05) is 0 Å². The number of hydrogen-bond donors (Lipinski definition) is 2. The first-order chi connectivity index (χ1) is 8.17. The van der Waals surface area contributed by atoms with Gasteiger partial charge in [-0.05, 0) is 18.2 Å². The molecule has 0 aliphatic carbocycles. The van der Waals surface area contributed by atoms with Gasteiger partial charge in [0.1, 0.15) is 18.0 Å². The maximum absolute atomic E-state index is 5.91.